The lowest BCUT2D eigenvalue weighted by atomic mass is 10.1. The molecule has 0 unspecified atom stereocenters. The molecule has 0 saturated carbocycles. The van der Waals surface area contributed by atoms with Crippen molar-refractivity contribution in [3.63, 3.8) is 0 Å². The van der Waals surface area contributed by atoms with Crippen LogP contribution in [-0.4, -0.2) is 17.6 Å². The summed E-state index contributed by atoms with van der Waals surface area (Å²) < 4.78 is 6.06. The number of hydrogen-bond acceptors (Lipinski definition) is 3. The summed E-state index contributed by atoms with van der Waals surface area (Å²) in [5.41, 5.74) is 1.10. The minimum Gasteiger partial charge on any atom is -0.465 e. The molecule has 2 rings (SSSR count). The Morgan fingerprint density at radius 3 is 2.62 bits per heavy atom. The molecule has 0 bridgehead atoms. The zero-order chi connectivity index (χ0) is 11.7. The second-order valence-corrected chi connectivity index (χ2v) is 3.44. The number of esters is 1. The smallest absolute Gasteiger partial charge is 0.344 e. The van der Waals surface area contributed by atoms with Crippen molar-refractivity contribution in [3.8, 4) is 11.3 Å². The van der Waals surface area contributed by atoms with E-state index in [1.54, 1.807) is 25.2 Å². The normalized spacial score (nSPS) is 10.4. The Kier molecular flexibility index (Phi) is 2.48. The minimum atomic E-state index is -0.596. The molecule has 1 aliphatic carbocycles. The first-order valence-corrected chi connectivity index (χ1v) is 4.83. The van der Waals surface area contributed by atoms with Gasteiger partial charge in [0.15, 0.2) is 0 Å². The Bertz CT molecular complexity index is 571. The zero-order valence-electron chi connectivity index (χ0n) is 9.06. The van der Waals surface area contributed by atoms with E-state index in [-0.39, 0.29) is 11.1 Å². The highest BCUT2D eigenvalue weighted by Crippen LogP contribution is 2.22. The molecule has 0 saturated heterocycles. The average Bonchev–Trinajstić information content (AvgIpc) is 2.50. The molecule has 1 heterocycles. The van der Waals surface area contributed by atoms with Crippen LogP contribution in [0.4, 0.5) is 0 Å². The van der Waals surface area contributed by atoms with Gasteiger partial charge in [-0.3, -0.25) is 4.79 Å². The van der Waals surface area contributed by atoms with Gasteiger partial charge in [0.1, 0.15) is 5.56 Å². The molecular weight excluding hydrogens is 206 g/mol. The summed E-state index contributed by atoms with van der Waals surface area (Å²) >= 11 is 0. The van der Waals surface area contributed by atoms with Gasteiger partial charge >= 0.3 is 5.97 Å². The maximum absolute atomic E-state index is 11.9. The van der Waals surface area contributed by atoms with Gasteiger partial charge in [-0.15, -0.1) is 0 Å². The van der Waals surface area contributed by atoms with Gasteiger partial charge in [-0.25, -0.2) is 4.79 Å². The Labute approximate surface area is 92.4 Å². The summed E-state index contributed by atoms with van der Waals surface area (Å²) in [5, 5.41) is 0. The minimum absolute atomic E-state index is 0.0937. The van der Waals surface area contributed by atoms with Gasteiger partial charge in [-0.05, 0) is 6.07 Å². The molecule has 0 radical (unpaired) electrons. The quantitative estimate of drug-likeness (QED) is 0.676. The van der Waals surface area contributed by atoms with E-state index in [0.29, 0.717) is 5.56 Å². The van der Waals surface area contributed by atoms with Crippen LogP contribution in [0.15, 0.2) is 35.1 Å². The van der Waals surface area contributed by atoms with Crippen LogP contribution in [0.3, 0.4) is 0 Å². The van der Waals surface area contributed by atoms with Crippen LogP contribution in [0.5, 0.6) is 0 Å². The first-order valence-electron chi connectivity index (χ1n) is 4.83. The van der Waals surface area contributed by atoms with Crippen molar-refractivity contribution in [2.75, 3.05) is 7.11 Å². The number of hydrogen-bond donors (Lipinski definition) is 0. The molecule has 2 aliphatic rings. The van der Waals surface area contributed by atoms with E-state index >= 15 is 0 Å². The number of ether oxygens (including phenoxy) is 1. The van der Waals surface area contributed by atoms with Gasteiger partial charge in [-0.2, -0.15) is 0 Å². The van der Waals surface area contributed by atoms with Crippen molar-refractivity contribution in [2.45, 2.75) is 0 Å². The van der Waals surface area contributed by atoms with E-state index in [2.05, 4.69) is 4.74 Å². The SMILES string of the molecule is COC(=O)c1c2cccccc-2n(C)c1=O. The predicted octanol–water partition coefficient (Wildman–Crippen LogP) is 1.28. The topological polar surface area (TPSA) is 48.3 Å². The summed E-state index contributed by atoms with van der Waals surface area (Å²) in [5.74, 6) is -0.596. The van der Waals surface area contributed by atoms with E-state index in [9.17, 15) is 9.59 Å². The Balaban J connectivity index is 2.84. The zero-order valence-corrected chi connectivity index (χ0v) is 9.06. The van der Waals surface area contributed by atoms with Crippen LogP contribution in [0.25, 0.3) is 11.3 Å². The van der Waals surface area contributed by atoms with Crippen LogP contribution in [0, 0.1) is 0 Å². The molecule has 82 valence electrons. The van der Waals surface area contributed by atoms with Crippen molar-refractivity contribution in [1.82, 2.24) is 4.57 Å². The molecule has 1 aliphatic heterocycles. The van der Waals surface area contributed by atoms with Gasteiger partial charge in [0.05, 0.1) is 12.8 Å². The standard InChI is InChI=1S/C12H11NO3/c1-13-9-7-5-3-4-6-8(9)10(11(13)14)12(15)16-2/h3-7H,1-2H3. The van der Waals surface area contributed by atoms with Crippen LogP contribution in [0.2, 0.25) is 0 Å². The van der Waals surface area contributed by atoms with E-state index < -0.39 is 5.97 Å². The van der Waals surface area contributed by atoms with E-state index in [1.165, 1.54) is 11.7 Å². The lowest BCUT2D eigenvalue weighted by Crippen LogP contribution is -2.18. The fourth-order valence-corrected chi connectivity index (χ4v) is 1.73. The third-order valence-corrected chi connectivity index (χ3v) is 2.55. The predicted molar refractivity (Wildman–Crippen MR) is 59.6 cm³/mol. The molecule has 0 aromatic rings. The maximum atomic E-state index is 11.9. The summed E-state index contributed by atoms with van der Waals surface area (Å²) in [6.45, 7) is 0. The fraction of sp³-hybridized carbons (Fsp3) is 0.167. The average molecular weight is 217 g/mol. The van der Waals surface area contributed by atoms with Crippen molar-refractivity contribution < 1.29 is 9.53 Å². The van der Waals surface area contributed by atoms with Gasteiger partial charge in [0.2, 0.25) is 0 Å². The first kappa shape index (κ1) is 10.4. The van der Waals surface area contributed by atoms with Crippen molar-refractivity contribution >= 4 is 5.97 Å². The number of fused-ring (bicyclic) bond motifs is 1. The Morgan fingerprint density at radius 2 is 1.94 bits per heavy atom. The second kappa shape index (κ2) is 3.81. The third kappa shape index (κ3) is 1.39. The molecule has 16 heavy (non-hydrogen) atoms. The second-order valence-electron chi connectivity index (χ2n) is 3.44. The van der Waals surface area contributed by atoms with E-state index in [4.69, 9.17) is 0 Å². The Morgan fingerprint density at radius 1 is 1.25 bits per heavy atom. The molecule has 0 atom stereocenters. The lowest BCUT2D eigenvalue weighted by Gasteiger charge is -1.97. The molecule has 4 nitrogen and oxygen atoms in total. The molecule has 0 aromatic carbocycles. The van der Waals surface area contributed by atoms with Gasteiger partial charge in [0.25, 0.3) is 5.56 Å². The summed E-state index contributed by atoms with van der Waals surface area (Å²) in [7, 11) is 2.90. The van der Waals surface area contributed by atoms with E-state index in [1.807, 2.05) is 12.1 Å². The van der Waals surface area contributed by atoms with Crippen LogP contribution in [-0.2, 0) is 11.8 Å². The number of aromatic nitrogens is 1. The van der Waals surface area contributed by atoms with Gasteiger partial charge in [-0.1, -0.05) is 24.3 Å². The third-order valence-electron chi connectivity index (χ3n) is 2.55. The highest BCUT2D eigenvalue weighted by molar-refractivity contribution is 5.97. The van der Waals surface area contributed by atoms with Gasteiger partial charge < -0.3 is 9.30 Å². The molecule has 4 heteroatoms. The van der Waals surface area contributed by atoms with Crippen molar-refractivity contribution in [2.24, 2.45) is 7.05 Å². The van der Waals surface area contributed by atoms with Crippen molar-refractivity contribution in [3.05, 3.63) is 46.2 Å². The first-order chi connectivity index (χ1) is 7.66. The summed E-state index contributed by atoms with van der Waals surface area (Å²) in [6.07, 6.45) is 0. The van der Waals surface area contributed by atoms with Gasteiger partial charge in [0, 0.05) is 12.6 Å². The molecular formula is C12H11NO3. The molecule has 0 fully saturated rings. The molecule has 0 N–H and O–H groups in total. The molecule has 0 amide bonds. The number of nitrogens with zero attached hydrogens (tertiary/aromatic N) is 1. The molecule has 0 spiro atoms. The van der Waals surface area contributed by atoms with Crippen molar-refractivity contribution in [1.29, 1.82) is 0 Å². The lowest BCUT2D eigenvalue weighted by molar-refractivity contribution is 0.0600. The van der Waals surface area contributed by atoms with Crippen LogP contribution < -0.4 is 5.56 Å². The number of rotatable bonds is 1. The fourth-order valence-electron chi connectivity index (χ4n) is 1.73. The Hall–Kier alpha value is -2.10. The highest BCUT2D eigenvalue weighted by Gasteiger charge is 2.23. The summed E-state index contributed by atoms with van der Waals surface area (Å²) in [6, 6.07) is 8.98. The highest BCUT2D eigenvalue weighted by atomic mass is 16.5. The molecule has 0 aromatic heterocycles. The van der Waals surface area contributed by atoms with Crippen LogP contribution >= 0.6 is 0 Å². The van der Waals surface area contributed by atoms with Crippen LogP contribution in [0.1, 0.15) is 10.4 Å². The number of methoxy groups -OCH3 is 1. The number of carbonyl (C=O) groups is 1. The maximum Gasteiger partial charge on any atom is 0.344 e. The number of carbonyl (C=O) groups excluding carboxylic acids is 1. The van der Waals surface area contributed by atoms with E-state index in [0.717, 1.165) is 5.69 Å². The largest absolute Gasteiger partial charge is 0.465 e. The summed E-state index contributed by atoms with van der Waals surface area (Å²) in [4.78, 5) is 23.4. The monoisotopic (exact) mass is 217 g/mol.